The van der Waals surface area contributed by atoms with Gasteiger partial charge in [-0.15, -0.1) is 0 Å². The molecule has 0 aliphatic rings. The zero-order valence-electron chi connectivity index (χ0n) is 9.54. The highest BCUT2D eigenvalue weighted by atomic mass is 79.9. The summed E-state index contributed by atoms with van der Waals surface area (Å²) in [6.45, 7) is 0.269. The van der Waals surface area contributed by atoms with Gasteiger partial charge in [0, 0.05) is 17.7 Å². The van der Waals surface area contributed by atoms with Crippen LogP contribution in [0.1, 0.15) is 5.69 Å². The highest BCUT2D eigenvalue weighted by Gasteiger charge is 2.10. The zero-order chi connectivity index (χ0) is 13.1. The molecule has 94 valence electrons. The van der Waals surface area contributed by atoms with Crippen LogP contribution in [0.25, 0.3) is 11.4 Å². The molecule has 0 aliphatic heterocycles. The predicted molar refractivity (Wildman–Crippen MR) is 73.7 cm³/mol. The molecule has 0 spiro atoms. The lowest BCUT2D eigenvalue weighted by atomic mass is 10.2. The number of ether oxygens (including phenoxy) is 1. The van der Waals surface area contributed by atoms with Crippen molar-refractivity contribution < 1.29 is 4.74 Å². The maximum absolute atomic E-state index is 11.8. The second-order valence-corrected chi connectivity index (χ2v) is 4.84. The number of rotatable bonds is 3. The van der Waals surface area contributed by atoms with Gasteiger partial charge in [0.15, 0.2) is 0 Å². The quantitative estimate of drug-likeness (QED) is 0.942. The van der Waals surface area contributed by atoms with Crippen LogP contribution in [0.4, 0.5) is 0 Å². The van der Waals surface area contributed by atoms with E-state index in [1.54, 1.807) is 31.4 Å². The fraction of sp³-hybridized carbons (Fsp3) is 0.167. The molecule has 4 nitrogen and oxygen atoms in total. The molecule has 0 radical (unpaired) electrons. The van der Waals surface area contributed by atoms with Crippen molar-refractivity contribution in [3.63, 3.8) is 0 Å². The van der Waals surface area contributed by atoms with E-state index in [0.717, 1.165) is 5.56 Å². The van der Waals surface area contributed by atoms with Crippen molar-refractivity contribution in [1.29, 1.82) is 0 Å². The number of aromatic amines is 1. The Hall–Kier alpha value is -1.17. The van der Waals surface area contributed by atoms with Crippen LogP contribution < -0.4 is 5.56 Å². The fourth-order valence-corrected chi connectivity index (χ4v) is 1.91. The molecule has 0 unspecified atom stereocenters. The molecule has 2 rings (SSSR count). The molecule has 0 bridgehead atoms. The monoisotopic (exact) mass is 328 g/mol. The number of hydrogen-bond acceptors (Lipinski definition) is 3. The maximum atomic E-state index is 11.8. The predicted octanol–water partition coefficient (Wildman–Crippen LogP) is 3.00. The van der Waals surface area contributed by atoms with Gasteiger partial charge in [0.2, 0.25) is 0 Å². The lowest BCUT2D eigenvalue weighted by Gasteiger charge is -2.06. The second kappa shape index (κ2) is 5.65. The number of nitrogens with zero attached hydrogens (tertiary/aromatic N) is 1. The molecule has 1 aromatic carbocycles. The van der Waals surface area contributed by atoms with Crippen LogP contribution in [-0.4, -0.2) is 17.1 Å². The summed E-state index contributed by atoms with van der Waals surface area (Å²) in [6.07, 6.45) is 0. The first-order valence-electron chi connectivity index (χ1n) is 5.15. The first-order chi connectivity index (χ1) is 8.61. The third-order valence-electron chi connectivity index (χ3n) is 2.33. The topological polar surface area (TPSA) is 55.0 Å². The molecule has 0 saturated heterocycles. The second-order valence-electron chi connectivity index (χ2n) is 3.62. The summed E-state index contributed by atoms with van der Waals surface area (Å²) >= 11 is 9.01. The van der Waals surface area contributed by atoms with E-state index in [0.29, 0.717) is 21.0 Å². The van der Waals surface area contributed by atoms with Crippen LogP contribution in [0, 0.1) is 0 Å². The van der Waals surface area contributed by atoms with Gasteiger partial charge in [-0.05, 0) is 40.2 Å². The molecule has 2 aromatic rings. The third-order valence-corrected chi connectivity index (χ3v) is 3.40. The molecule has 0 aliphatic carbocycles. The molecule has 0 amide bonds. The standard InChI is InChI=1S/C12H10BrClN2O2/c1-18-6-9-10(13)12(17)16-11(15-9)7-2-4-8(14)5-3-7/h2-5H,6H2,1H3,(H,15,16,17). The molecule has 6 heteroatoms. The Morgan fingerprint density at radius 3 is 2.67 bits per heavy atom. The Morgan fingerprint density at radius 2 is 2.06 bits per heavy atom. The Kier molecular flexibility index (Phi) is 4.16. The molecule has 0 saturated carbocycles. The van der Waals surface area contributed by atoms with Gasteiger partial charge in [-0.1, -0.05) is 11.6 Å². The van der Waals surface area contributed by atoms with Gasteiger partial charge in [-0.25, -0.2) is 4.98 Å². The van der Waals surface area contributed by atoms with Crippen LogP contribution in [0.3, 0.4) is 0 Å². The summed E-state index contributed by atoms with van der Waals surface area (Å²) in [6, 6.07) is 7.08. The van der Waals surface area contributed by atoms with Crippen molar-refractivity contribution in [2.24, 2.45) is 0 Å². The summed E-state index contributed by atoms with van der Waals surface area (Å²) in [5.74, 6) is 0.493. The molecule has 0 fully saturated rings. The summed E-state index contributed by atoms with van der Waals surface area (Å²) in [4.78, 5) is 18.8. The summed E-state index contributed by atoms with van der Waals surface area (Å²) in [5.41, 5.74) is 1.12. The van der Waals surface area contributed by atoms with Gasteiger partial charge < -0.3 is 9.72 Å². The Morgan fingerprint density at radius 1 is 1.39 bits per heavy atom. The van der Waals surface area contributed by atoms with E-state index in [1.165, 1.54) is 0 Å². The summed E-state index contributed by atoms with van der Waals surface area (Å²) in [7, 11) is 1.55. The number of hydrogen-bond donors (Lipinski definition) is 1. The molecular formula is C12H10BrClN2O2. The minimum atomic E-state index is -0.234. The lowest BCUT2D eigenvalue weighted by Crippen LogP contribution is -2.14. The summed E-state index contributed by atoms with van der Waals surface area (Å²) in [5, 5.41) is 0.635. The van der Waals surface area contributed by atoms with Crippen LogP contribution >= 0.6 is 27.5 Å². The average molecular weight is 330 g/mol. The van der Waals surface area contributed by atoms with Crippen LogP contribution in [0.2, 0.25) is 5.02 Å². The van der Waals surface area contributed by atoms with Gasteiger partial charge in [0.1, 0.15) is 10.3 Å². The molecule has 1 N–H and O–H groups in total. The van der Waals surface area contributed by atoms with E-state index >= 15 is 0 Å². The lowest BCUT2D eigenvalue weighted by molar-refractivity contribution is 0.180. The van der Waals surface area contributed by atoms with Crippen molar-refractivity contribution in [2.75, 3.05) is 7.11 Å². The SMILES string of the molecule is COCc1nc(-c2ccc(Cl)cc2)[nH]c(=O)c1Br. The number of H-pyrrole nitrogens is 1. The maximum Gasteiger partial charge on any atom is 0.265 e. The Bertz CT molecular complexity index is 610. The first-order valence-corrected chi connectivity index (χ1v) is 6.32. The smallest absolute Gasteiger partial charge is 0.265 e. The molecule has 18 heavy (non-hydrogen) atoms. The number of methoxy groups -OCH3 is 1. The number of halogens is 2. The largest absolute Gasteiger partial charge is 0.378 e. The van der Waals surface area contributed by atoms with Crippen LogP contribution in [0.5, 0.6) is 0 Å². The van der Waals surface area contributed by atoms with E-state index in [1.807, 2.05) is 0 Å². The number of nitrogens with one attached hydrogen (secondary N) is 1. The molecule has 1 aromatic heterocycles. The average Bonchev–Trinajstić information content (AvgIpc) is 2.36. The van der Waals surface area contributed by atoms with E-state index in [9.17, 15) is 4.79 Å². The Labute approximate surface area is 117 Å². The summed E-state index contributed by atoms with van der Waals surface area (Å²) < 4.78 is 5.40. The van der Waals surface area contributed by atoms with Crippen molar-refractivity contribution in [3.05, 3.63) is 49.8 Å². The highest BCUT2D eigenvalue weighted by Crippen LogP contribution is 2.19. The minimum absolute atomic E-state index is 0.234. The van der Waals surface area contributed by atoms with E-state index in [-0.39, 0.29) is 12.2 Å². The molecule has 0 atom stereocenters. The first kappa shape index (κ1) is 13.3. The van der Waals surface area contributed by atoms with Gasteiger partial charge >= 0.3 is 0 Å². The molecular weight excluding hydrogens is 320 g/mol. The van der Waals surface area contributed by atoms with E-state index in [4.69, 9.17) is 16.3 Å². The molecule has 1 heterocycles. The third kappa shape index (κ3) is 2.80. The highest BCUT2D eigenvalue weighted by molar-refractivity contribution is 9.10. The van der Waals surface area contributed by atoms with Crippen LogP contribution in [0.15, 0.2) is 33.5 Å². The number of aromatic nitrogens is 2. The minimum Gasteiger partial charge on any atom is -0.378 e. The van der Waals surface area contributed by atoms with Crippen molar-refractivity contribution >= 4 is 27.5 Å². The zero-order valence-corrected chi connectivity index (χ0v) is 11.9. The Balaban J connectivity index is 2.51. The van der Waals surface area contributed by atoms with Crippen molar-refractivity contribution in [2.45, 2.75) is 6.61 Å². The van der Waals surface area contributed by atoms with E-state index in [2.05, 4.69) is 25.9 Å². The van der Waals surface area contributed by atoms with Gasteiger partial charge in [-0.3, -0.25) is 4.79 Å². The van der Waals surface area contributed by atoms with Gasteiger partial charge in [-0.2, -0.15) is 0 Å². The number of benzene rings is 1. The van der Waals surface area contributed by atoms with Gasteiger partial charge in [0.05, 0.1) is 12.3 Å². The van der Waals surface area contributed by atoms with E-state index < -0.39 is 0 Å². The fourth-order valence-electron chi connectivity index (χ4n) is 1.48. The normalized spacial score (nSPS) is 10.6. The van der Waals surface area contributed by atoms with Crippen molar-refractivity contribution in [3.8, 4) is 11.4 Å². The van der Waals surface area contributed by atoms with Crippen molar-refractivity contribution in [1.82, 2.24) is 9.97 Å². The van der Waals surface area contributed by atoms with Gasteiger partial charge in [0.25, 0.3) is 5.56 Å². The van der Waals surface area contributed by atoms with Crippen LogP contribution in [-0.2, 0) is 11.3 Å².